The minimum atomic E-state index is -1.04. The molecule has 0 radical (unpaired) electrons. The number of aromatic carboxylic acids is 1. The van der Waals surface area contributed by atoms with E-state index in [2.05, 4.69) is 5.32 Å². The van der Waals surface area contributed by atoms with Gasteiger partial charge in [-0.15, -0.1) is 0 Å². The molecule has 2 unspecified atom stereocenters. The van der Waals surface area contributed by atoms with E-state index in [-0.39, 0.29) is 30.1 Å². The summed E-state index contributed by atoms with van der Waals surface area (Å²) in [4.78, 5) is 23.1. The molecule has 1 aromatic carbocycles. The van der Waals surface area contributed by atoms with Gasteiger partial charge in [0, 0.05) is 19.4 Å². The van der Waals surface area contributed by atoms with Crippen LogP contribution in [0, 0.1) is 5.92 Å². The number of amides is 1. The van der Waals surface area contributed by atoms with Gasteiger partial charge in [-0.1, -0.05) is 0 Å². The molecule has 2 atom stereocenters. The van der Waals surface area contributed by atoms with Crippen LogP contribution in [0.15, 0.2) is 18.2 Å². The zero-order chi connectivity index (χ0) is 15.4. The van der Waals surface area contributed by atoms with Crippen molar-refractivity contribution in [1.82, 2.24) is 0 Å². The summed E-state index contributed by atoms with van der Waals surface area (Å²) in [5, 5.41) is 11.8. The van der Waals surface area contributed by atoms with Crippen LogP contribution in [-0.2, 0) is 20.9 Å². The van der Waals surface area contributed by atoms with E-state index in [0.29, 0.717) is 24.3 Å². The Morgan fingerprint density at radius 1 is 1.38 bits per heavy atom. The number of carbonyl (C=O) groups excluding carboxylic acids is 1. The highest BCUT2D eigenvalue weighted by molar-refractivity contribution is 5.96. The van der Waals surface area contributed by atoms with Crippen molar-refractivity contribution in [3.05, 3.63) is 29.3 Å². The zero-order valence-corrected chi connectivity index (χ0v) is 12.1. The van der Waals surface area contributed by atoms with Crippen LogP contribution < -0.4 is 5.32 Å². The topological polar surface area (TPSA) is 84.9 Å². The molecule has 0 spiro atoms. The van der Waals surface area contributed by atoms with Crippen molar-refractivity contribution in [2.45, 2.75) is 26.1 Å². The van der Waals surface area contributed by atoms with Crippen LogP contribution in [0.3, 0.4) is 0 Å². The molecule has 0 heterocycles. The highest BCUT2D eigenvalue weighted by Crippen LogP contribution is 2.34. The SMILES string of the molecule is CCOC1CC1C(=O)Nc1cc(COC)cc(C(=O)O)c1. The summed E-state index contributed by atoms with van der Waals surface area (Å²) in [6.45, 7) is 2.76. The third-order valence-corrected chi connectivity index (χ3v) is 3.27. The summed E-state index contributed by atoms with van der Waals surface area (Å²) >= 11 is 0. The van der Waals surface area contributed by atoms with Gasteiger partial charge in [0.1, 0.15) is 0 Å². The first-order valence-corrected chi connectivity index (χ1v) is 6.83. The van der Waals surface area contributed by atoms with Gasteiger partial charge in [-0.3, -0.25) is 4.79 Å². The number of hydrogen-bond acceptors (Lipinski definition) is 4. The number of carboxylic acids is 1. The number of carboxylic acid groups (broad SMARTS) is 1. The number of nitrogens with one attached hydrogen (secondary N) is 1. The molecule has 1 saturated carbocycles. The number of rotatable bonds is 7. The fourth-order valence-corrected chi connectivity index (χ4v) is 2.22. The summed E-state index contributed by atoms with van der Waals surface area (Å²) in [6.07, 6.45) is 0.694. The van der Waals surface area contributed by atoms with Gasteiger partial charge >= 0.3 is 5.97 Å². The molecule has 0 aliphatic heterocycles. The number of carbonyl (C=O) groups is 2. The Morgan fingerprint density at radius 2 is 2.14 bits per heavy atom. The first kappa shape index (κ1) is 15.5. The third-order valence-electron chi connectivity index (χ3n) is 3.27. The van der Waals surface area contributed by atoms with Gasteiger partial charge in [0.05, 0.1) is 24.2 Å². The van der Waals surface area contributed by atoms with Gasteiger partial charge in [0.15, 0.2) is 0 Å². The van der Waals surface area contributed by atoms with Crippen molar-refractivity contribution in [1.29, 1.82) is 0 Å². The standard InChI is InChI=1S/C15H19NO5/c1-3-21-13-7-12(13)14(17)16-11-5-9(8-20-2)4-10(6-11)15(18)19/h4-6,12-13H,3,7-8H2,1-2H3,(H,16,17)(H,18,19). The van der Waals surface area contributed by atoms with Crippen LogP contribution in [0.4, 0.5) is 5.69 Å². The zero-order valence-electron chi connectivity index (χ0n) is 12.1. The fraction of sp³-hybridized carbons (Fsp3) is 0.467. The second kappa shape index (κ2) is 6.69. The van der Waals surface area contributed by atoms with E-state index < -0.39 is 5.97 Å². The smallest absolute Gasteiger partial charge is 0.335 e. The van der Waals surface area contributed by atoms with Crippen molar-refractivity contribution in [3.63, 3.8) is 0 Å². The van der Waals surface area contributed by atoms with Gasteiger partial charge in [-0.05, 0) is 37.1 Å². The molecule has 2 rings (SSSR count). The largest absolute Gasteiger partial charge is 0.478 e. The Balaban J connectivity index is 2.08. The van der Waals surface area contributed by atoms with Crippen LogP contribution in [0.1, 0.15) is 29.3 Å². The van der Waals surface area contributed by atoms with Crippen molar-refractivity contribution in [2.24, 2.45) is 5.92 Å². The summed E-state index contributed by atoms with van der Waals surface area (Å²) in [5.41, 5.74) is 1.29. The number of ether oxygens (including phenoxy) is 2. The lowest BCUT2D eigenvalue weighted by Gasteiger charge is -2.09. The minimum Gasteiger partial charge on any atom is -0.478 e. The van der Waals surface area contributed by atoms with E-state index in [1.54, 1.807) is 6.07 Å². The van der Waals surface area contributed by atoms with E-state index in [1.807, 2.05) is 6.92 Å². The Kier molecular flexibility index (Phi) is 4.93. The first-order chi connectivity index (χ1) is 10.0. The molecule has 0 aromatic heterocycles. The monoisotopic (exact) mass is 293 g/mol. The Labute approximate surface area is 123 Å². The summed E-state index contributed by atoms with van der Waals surface area (Å²) in [6, 6.07) is 4.69. The van der Waals surface area contributed by atoms with Gasteiger partial charge in [0.2, 0.25) is 5.91 Å². The Hall–Kier alpha value is -1.92. The van der Waals surface area contributed by atoms with Crippen LogP contribution >= 0.6 is 0 Å². The van der Waals surface area contributed by atoms with Crippen molar-refractivity contribution < 1.29 is 24.2 Å². The molecule has 2 N–H and O–H groups in total. The van der Waals surface area contributed by atoms with Crippen LogP contribution in [0.2, 0.25) is 0 Å². The molecule has 6 heteroatoms. The molecule has 1 aromatic rings. The Bertz CT molecular complexity index is 543. The molecule has 1 amide bonds. The van der Waals surface area contributed by atoms with Crippen molar-refractivity contribution in [2.75, 3.05) is 19.0 Å². The second-order valence-corrected chi connectivity index (χ2v) is 4.98. The fourth-order valence-electron chi connectivity index (χ4n) is 2.22. The van der Waals surface area contributed by atoms with Gasteiger partial charge in [0.25, 0.3) is 0 Å². The maximum atomic E-state index is 12.0. The molecule has 21 heavy (non-hydrogen) atoms. The Morgan fingerprint density at radius 3 is 2.76 bits per heavy atom. The summed E-state index contributed by atoms with van der Waals surface area (Å²) < 4.78 is 10.4. The molecule has 0 saturated heterocycles. The minimum absolute atomic E-state index is 0.0175. The van der Waals surface area contributed by atoms with Gasteiger partial charge < -0.3 is 19.9 Å². The summed E-state index contributed by atoms with van der Waals surface area (Å²) in [5.74, 6) is -1.33. The molecule has 1 fully saturated rings. The molecule has 1 aliphatic rings. The van der Waals surface area contributed by atoms with E-state index in [4.69, 9.17) is 14.6 Å². The van der Waals surface area contributed by atoms with Crippen molar-refractivity contribution >= 4 is 17.6 Å². The lowest BCUT2D eigenvalue weighted by molar-refractivity contribution is -0.118. The maximum Gasteiger partial charge on any atom is 0.335 e. The van der Waals surface area contributed by atoms with Crippen LogP contribution in [-0.4, -0.2) is 36.8 Å². The number of anilines is 1. The molecular formula is C15H19NO5. The predicted octanol–water partition coefficient (Wildman–Crippen LogP) is 1.89. The molecule has 114 valence electrons. The van der Waals surface area contributed by atoms with E-state index >= 15 is 0 Å². The third kappa shape index (κ3) is 4.03. The van der Waals surface area contributed by atoms with E-state index in [9.17, 15) is 9.59 Å². The normalized spacial score (nSPS) is 20.1. The second-order valence-electron chi connectivity index (χ2n) is 4.98. The highest BCUT2D eigenvalue weighted by Gasteiger charge is 2.43. The first-order valence-electron chi connectivity index (χ1n) is 6.83. The lowest BCUT2D eigenvalue weighted by Crippen LogP contribution is -2.17. The molecular weight excluding hydrogens is 274 g/mol. The number of benzene rings is 1. The van der Waals surface area contributed by atoms with Gasteiger partial charge in [-0.25, -0.2) is 4.79 Å². The molecule has 1 aliphatic carbocycles. The van der Waals surface area contributed by atoms with Crippen LogP contribution in [0.25, 0.3) is 0 Å². The van der Waals surface area contributed by atoms with E-state index in [1.165, 1.54) is 19.2 Å². The quantitative estimate of drug-likeness (QED) is 0.802. The van der Waals surface area contributed by atoms with Crippen LogP contribution in [0.5, 0.6) is 0 Å². The number of methoxy groups -OCH3 is 1. The van der Waals surface area contributed by atoms with Crippen molar-refractivity contribution in [3.8, 4) is 0 Å². The average molecular weight is 293 g/mol. The number of hydrogen-bond donors (Lipinski definition) is 2. The molecule has 0 bridgehead atoms. The average Bonchev–Trinajstić information content (AvgIpc) is 3.18. The van der Waals surface area contributed by atoms with Gasteiger partial charge in [-0.2, -0.15) is 0 Å². The van der Waals surface area contributed by atoms with E-state index in [0.717, 1.165) is 0 Å². The maximum absolute atomic E-state index is 12.0. The summed E-state index contributed by atoms with van der Waals surface area (Å²) in [7, 11) is 1.53. The lowest BCUT2D eigenvalue weighted by atomic mass is 10.1. The molecule has 6 nitrogen and oxygen atoms in total. The highest BCUT2D eigenvalue weighted by atomic mass is 16.5. The predicted molar refractivity (Wildman–Crippen MR) is 76.3 cm³/mol.